The van der Waals surface area contributed by atoms with Gasteiger partial charge in [0.25, 0.3) is 0 Å². The van der Waals surface area contributed by atoms with Crippen molar-refractivity contribution in [2.75, 3.05) is 26.6 Å². The van der Waals surface area contributed by atoms with E-state index in [0.717, 1.165) is 167 Å². The van der Waals surface area contributed by atoms with E-state index in [-0.39, 0.29) is 5.41 Å². The standard InChI is InChI=1S/C28H19NO.C27H21NO.C24H17NO.C19H15NO.C18H13NO/c1-2-6-21-17-22(10-9-19(21)5-1)20-11-13-23(14-12-20)29-24-15-16-28-26(18-24)25-7-3-4-8-27(25)30-28;1-27(2)23-9-5-3-7-19(23)20-13-11-18(16-24(20)27)28-17-12-14-26-22(15-17)21-8-4-6-10-25(21)29-26;1-2-6-17(7-3-1)18-10-12-19(13-11-18)25-20-14-15-24-22(16-20)21-8-4-5-9-23(21)26-24;1-13-6-8-14(9-7-13)20-15-10-11-19-17(12-15)16-4-2-3-5-18(16)21-19;1-2-6-13(7-3-1)19-14-10-11-18-16(12-14)15-8-4-5-9-17(15)20-18/h1-18,29H;3-16,28H,1-2H3;1-16,25H;2-12,20H,1H3;1-12,19H. The summed E-state index contributed by atoms with van der Waals surface area (Å²) in [6.07, 6.45) is 0. The van der Waals surface area contributed by atoms with Crippen molar-refractivity contribution >= 4 is 177 Å². The van der Waals surface area contributed by atoms with Crippen LogP contribution in [0.1, 0.15) is 30.5 Å². The van der Waals surface area contributed by atoms with Crippen LogP contribution in [-0.4, -0.2) is 0 Å². The molecule has 0 fully saturated rings. The van der Waals surface area contributed by atoms with Crippen molar-refractivity contribution in [3.63, 3.8) is 0 Å². The summed E-state index contributed by atoms with van der Waals surface area (Å²) in [6.45, 7) is 6.71. The maximum absolute atomic E-state index is 5.95. The van der Waals surface area contributed by atoms with Crippen molar-refractivity contribution in [3.8, 4) is 33.4 Å². The molecule has 0 saturated carbocycles. The van der Waals surface area contributed by atoms with Crippen LogP contribution in [-0.2, 0) is 5.41 Å². The van der Waals surface area contributed by atoms with Gasteiger partial charge in [-0.2, -0.15) is 0 Å². The Bertz CT molecular complexity index is 8100. The van der Waals surface area contributed by atoms with Crippen LogP contribution in [0.4, 0.5) is 56.9 Å². The third kappa shape index (κ3) is 15.8. The predicted octanol–water partition coefficient (Wildman–Crippen LogP) is 33.7. The van der Waals surface area contributed by atoms with E-state index in [4.69, 9.17) is 22.1 Å². The van der Waals surface area contributed by atoms with Gasteiger partial charge in [0.05, 0.1) is 0 Å². The molecule has 10 heteroatoms. The van der Waals surface area contributed by atoms with Crippen LogP contribution < -0.4 is 26.6 Å². The highest BCUT2D eigenvalue weighted by Crippen LogP contribution is 2.50. The molecule has 0 unspecified atom stereocenters. The third-order valence-electron chi connectivity index (χ3n) is 23.7. The summed E-state index contributed by atoms with van der Waals surface area (Å²) < 4.78 is 29.4. The Kier molecular flexibility index (Phi) is 20.4. The quantitative estimate of drug-likeness (QED) is 0.0807. The average Bonchev–Trinajstić information content (AvgIpc) is 1.58. The summed E-state index contributed by atoms with van der Waals surface area (Å²) in [5, 5.41) is 31.4. The van der Waals surface area contributed by atoms with Gasteiger partial charge in [0.15, 0.2) is 0 Å². The molecule has 126 heavy (non-hydrogen) atoms. The fourth-order valence-electron chi connectivity index (χ4n) is 17.3. The molecule has 5 aromatic heterocycles. The molecule has 0 spiro atoms. The second kappa shape index (κ2) is 33.5. The van der Waals surface area contributed by atoms with Gasteiger partial charge in [-0.1, -0.05) is 262 Å². The van der Waals surface area contributed by atoms with Gasteiger partial charge in [-0.15, -0.1) is 0 Å². The summed E-state index contributed by atoms with van der Waals surface area (Å²) in [5.41, 5.74) is 31.5. The van der Waals surface area contributed by atoms with Crippen LogP contribution in [0.2, 0.25) is 0 Å². The van der Waals surface area contributed by atoms with Crippen LogP contribution in [0.3, 0.4) is 0 Å². The molecule has 0 bridgehead atoms. The molecular formula is C116H85N5O5. The zero-order chi connectivity index (χ0) is 84.4. The fourth-order valence-corrected chi connectivity index (χ4v) is 17.3. The summed E-state index contributed by atoms with van der Waals surface area (Å²) in [6, 6.07) is 148. The smallest absolute Gasteiger partial charge is 0.135 e. The molecule has 24 aromatic rings. The number of fused-ring (bicyclic) bond motifs is 19. The molecule has 0 aliphatic heterocycles. The molecule has 5 N–H and O–H groups in total. The van der Waals surface area contributed by atoms with E-state index in [9.17, 15) is 0 Å². The van der Waals surface area contributed by atoms with Crippen LogP contribution >= 0.6 is 0 Å². The highest BCUT2D eigenvalue weighted by atomic mass is 16.3. The lowest BCUT2D eigenvalue weighted by Crippen LogP contribution is -2.15. The Labute approximate surface area is 728 Å². The van der Waals surface area contributed by atoms with E-state index in [2.05, 4.69) is 326 Å². The van der Waals surface area contributed by atoms with Crippen molar-refractivity contribution in [1.82, 2.24) is 0 Å². The molecule has 1 aliphatic carbocycles. The SMILES string of the molecule is CC1(C)c2ccccc2-c2ccc(Nc3ccc4oc5ccccc5c4c3)cc21.Cc1ccc(Nc2ccc3oc4ccccc4c3c2)cc1.c1ccc(-c2ccc(Nc3ccc4oc5ccccc5c4c3)cc2)cc1.c1ccc(Nc2ccc3oc4ccccc4c3c2)cc1.c1ccc2cc(-c3ccc(Nc4ccc5oc6ccccc6c5c4)cc3)ccc2c1. The Balaban J connectivity index is 0.0000000969. The summed E-state index contributed by atoms with van der Waals surface area (Å²) >= 11 is 0. The van der Waals surface area contributed by atoms with E-state index in [1.54, 1.807) is 0 Å². The molecule has 25 rings (SSSR count). The fraction of sp³-hybridized carbons (Fsp3) is 0.0345. The number of benzene rings is 19. The zero-order valence-corrected chi connectivity index (χ0v) is 69.5. The maximum Gasteiger partial charge on any atom is 0.135 e. The normalized spacial score (nSPS) is 11.8. The van der Waals surface area contributed by atoms with Crippen molar-refractivity contribution in [1.29, 1.82) is 0 Å². The minimum absolute atomic E-state index is 0.00827. The van der Waals surface area contributed by atoms with Crippen molar-refractivity contribution in [3.05, 3.63) is 447 Å². The van der Waals surface area contributed by atoms with Crippen molar-refractivity contribution in [2.45, 2.75) is 26.2 Å². The van der Waals surface area contributed by atoms with Gasteiger partial charge in [-0.3, -0.25) is 0 Å². The Hall–Kier alpha value is -16.6. The number of hydrogen-bond donors (Lipinski definition) is 5. The molecule has 0 saturated heterocycles. The number of hydrogen-bond acceptors (Lipinski definition) is 10. The molecule has 1 aliphatic rings. The van der Waals surface area contributed by atoms with Gasteiger partial charge in [0, 0.05) is 116 Å². The topological polar surface area (TPSA) is 126 Å². The second-order valence-electron chi connectivity index (χ2n) is 32.4. The first-order valence-electron chi connectivity index (χ1n) is 42.5. The van der Waals surface area contributed by atoms with Crippen molar-refractivity contribution < 1.29 is 22.1 Å². The number of para-hydroxylation sites is 6. The first-order chi connectivity index (χ1) is 62.0. The van der Waals surface area contributed by atoms with Crippen molar-refractivity contribution in [2.24, 2.45) is 0 Å². The summed E-state index contributed by atoms with van der Waals surface area (Å²) in [7, 11) is 0. The lowest BCUT2D eigenvalue weighted by molar-refractivity contribution is 0.660. The minimum atomic E-state index is 0.00827. The van der Waals surface area contributed by atoms with Gasteiger partial charge in [0.2, 0.25) is 0 Å². The van der Waals surface area contributed by atoms with Gasteiger partial charge < -0.3 is 48.7 Å². The largest absolute Gasteiger partial charge is 0.456 e. The van der Waals surface area contributed by atoms with Gasteiger partial charge in [0.1, 0.15) is 55.8 Å². The predicted molar refractivity (Wildman–Crippen MR) is 528 cm³/mol. The number of anilines is 10. The Morgan fingerprint density at radius 2 is 0.444 bits per heavy atom. The molecule has 0 amide bonds. The molecular weight excluding hydrogens is 1540 g/mol. The lowest BCUT2D eigenvalue weighted by atomic mass is 9.82. The van der Waals surface area contributed by atoms with Gasteiger partial charge in [-0.25, -0.2) is 0 Å². The number of rotatable bonds is 12. The highest BCUT2D eigenvalue weighted by Gasteiger charge is 2.35. The van der Waals surface area contributed by atoms with Gasteiger partial charge >= 0.3 is 0 Å². The minimum Gasteiger partial charge on any atom is -0.456 e. The van der Waals surface area contributed by atoms with Gasteiger partial charge in [-0.05, 0) is 250 Å². The molecule has 19 aromatic carbocycles. The van der Waals surface area contributed by atoms with E-state index in [0.29, 0.717) is 0 Å². The highest BCUT2D eigenvalue weighted by molar-refractivity contribution is 6.10. The zero-order valence-electron chi connectivity index (χ0n) is 69.5. The maximum atomic E-state index is 5.95. The first-order valence-corrected chi connectivity index (χ1v) is 42.5. The number of furan rings is 5. The van der Waals surface area contributed by atoms with E-state index in [1.807, 2.05) is 152 Å². The number of aryl methyl sites for hydroxylation is 1. The Morgan fingerprint density at radius 1 is 0.175 bits per heavy atom. The Morgan fingerprint density at radius 3 is 0.857 bits per heavy atom. The summed E-state index contributed by atoms with van der Waals surface area (Å²) in [4.78, 5) is 0. The monoisotopic (exact) mass is 1630 g/mol. The number of nitrogens with one attached hydrogen (secondary N) is 5. The first kappa shape index (κ1) is 76.8. The van der Waals surface area contributed by atoms with E-state index >= 15 is 0 Å². The molecule has 5 heterocycles. The van der Waals surface area contributed by atoms with Crippen LogP contribution in [0, 0.1) is 6.92 Å². The van der Waals surface area contributed by atoms with E-state index in [1.165, 1.54) is 60.8 Å². The third-order valence-corrected chi connectivity index (χ3v) is 23.7. The summed E-state index contributed by atoms with van der Waals surface area (Å²) in [5.74, 6) is 0. The second-order valence-corrected chi connectivity index (χ2v) is 32.4. The average molecular weight is 1630 g/mol. The van der Waals surface area contributed by atoms with Crippen LogP contribution in [0.5, 0.6) is 0 Å². The lowest BCUT2D eigenvalue weighted by Gasteiger charge is -2.22. The molecule has 604 valence electrons. The van der Waals surface area contributed by atoms with E-state index < -0.39 is 0 Å². The molecule has 0 atom stereocenters. The molecule has 10 nitrogen and oxygen atoms in total. The molecule has 0 radical (unpaired) electrons. The van der Waals surface area contributed by atoms with Crippen LogP contribution in [0.25, 0.3) is 154 Å². The van der Waals surface area contributed by atoms with Crippen LogP contribution in [0.15, 0.2) is 453 Å².